The minimum atomic E-state index is 0.219. The van der Waals surface area contributed by atoms with Crippen molar-refractivity contribution in [2.75, 3.05) is 0 Å². The molecule has 17 heavy (non-hydrogen) atoms. The summed E-state index contributed by atoms with van der Waals surface area (Å²) < 4.78 is 0. The summed E-state index contributed by atoms with van der Waals surface area (Å²) in [5.41, 5.74) is 3.83. The van der Waals surface area contributed by atoms with Crippen LogP contribution in [0.1, 0.15) is 30.6 Å². The third kappa shape index (κ3) is 2.92. The van der Waals surface area contributed by atoms with Gasteiger partial charge in [-0.15, -0.1) is 0 Å². The van der Waals surface area contributed by atoms with Gasteiger partial charge in [0, 0.05) is 5.25 Å². The highest BCUT2D eigenvalue weighted by Crippen LogP contribution is 2.33. The molecule has 0 spiro atoms. The van der Waals surface area contributed by atoms with Crippen LogP contribution >= 0.6 is 12.6 Å². The van der Waals surface area contributed by atoms with Crippen LogP contribution in [0.25, 0.3) is 11.1 Å². The van der Waals surface area contributed by atoms with Crippen LogP contribution in [0.3, 0.4) is 0 Å². The van der Waals surface area contributed by atoms with Gasteiger partial charge in [-0.3, -0.25) is 0 Å². The Morgan fingerprint density at radius 3 is 2.29 bits per heavy atom. The Hall–Kier alpha value is -1.21. The highest BCUT2D eigenvalue weighted by molar-refractivity contribution is 7.80. The molecule has 0 bridgehead atoms. The van der Waals surface area contributed by atoms with Gasteiger partial charge in [0.05, 0.1) is 0 Å². The highest BCUT2D eigenvalue weighted by atomic mass is 32.1. The fraction of sp³-hybridized carbons (Fsp3) is 0.250. The molecule has 0 heterocycles. The summed E-state index contributed by atoms with van der Waals surface area (Å²) in [5, 5.41) is 0.219. The average Bonchev–Trinajstić information content (AvgIpc) is 2.40. The lowest BCUT2D eigenvalue weighted by Gasteiger charge is -2.14. The second-order valence-electron chi connectivity index (χ2n) is 4.23. The number of hydrogen-bond acceptors (Lipinski definition) is 0. The van der Waals surface area contributed by atoms with Gasteiger partial charge in [-0.25, -0.2) is 0 Å². The zero-order valence-electron chi connectivity index (χ0n) is 10.1. The van der Waals surface area contributed by atoms with Crippen molar-refractivity contribution >= 4 is 12.6 Å². The Morgan fingerprint density at radius 1 is 0.941 bits per heavy atom. The summed E-state index contributed by atoms with van der Waals surface area (Å²) >= 11 is 5.59. The van der Waals surface area contributed by atoms with E-state index in [1.54, 1.807) is 0 Å². The molecule has 0 saturated carbocycles. The van der Waals surface area contributed by atoms with E-state index in [0.717, 1.165) is 12.8 Å². The van der Waals surface area contributed by atoms with Gasteiger partial charge in [-0.2, -0.15) is 0 Å². The zero-order chi connectivity index (χ0) is 12.1. The van der Waals surface area contributed by atoms with Gasteiger partial charge in [0.1, 0.15) is 0 Å². The van der Waals surface area contributed by atoms with E-state index < -0.39 is 0 Å². The topological polar surface area (TPSA) is 0 Å². The first-order valence-corrected chi connectivity index (χ1v) is 6.60. The molecule has 0 N–H and O–H groups in total. The maximum absolute atomic E-state index is 5.59. The predicted octanol–water partition coefficient (Wildman–Crippen LogP) is 5.39. The third-order valence-corrected chi connectivity index (χ3v) is 3.43. The van der Waals surface area contributed by atoms with Gasteiger partial charge in [-0.05, 0) is 23.1 Å². The summed E-state index contributed by atoms with van der Waals surface area (Å²) in [6.45, 7) is 2.18. The van der Waals surface area contributed by atoms with E-state index in [-0.39, 0.29) is 5.25 Å². The second kappa shape index (κ2) is 5.92. The van der Waals surface area contributed by atoms with Crippen LogP contribution in [-0.4, -0.2) is 0 Å². The molecule has 2 aromatic rings. The van der Waals surface area contributed by atoms with Crippen LogP contribution in [0.15, 0.2) is 54.6 Å². The molecule has 0 saturated heterocycles. The van der Waals surface area contributed by atoms with E-state index in [0.29, 0.717) is 0 Å². The van der Waals surface area contributed by atoms with Crippen molar-refractivity contribution in [3.05, 3.63) is 60.2 Å². The molecule has 0 fully saturated rings. The zero-order valence-corrected chi connectivity index (χ0v) is 10.9. The van der Waals surface area contributed by atoms with Crippen LogP contribution < -0.4 is 0 Å². The number of rotatable bonds is 4. The van der Waals surface area contributed by atoms with Gasteiger partial charge < -0.3 is 0 Å². The monoisotopic (exact) mass is 241 g/mol. The molecule has 1 atom stereocenters. The van der Waals surface area contributed by atoms with Crippen molar-refractivity contribution in [1.82, 2.24) is 0 Å². The van der Waals surface area contributed by atoms with E-state index in [4.69, 9.17) is 12.6 Å². The Labute approximate surface area is 109 Å². The molecule has 2 rings (SSSR count). The summed E-state index contributed by atoms with van der Waals surface area (Å²) in [6, 6.07) is 19.0. The number of hydrogen-bond donors (Lipinski definition) is 0. The first-order valence-electron chi connectivity index (χ1n) is 6.13. The van der Waals surface area contributed by atoms with Crippen LogP contribution in [0.5, 0.6) is 0 Å². The first-order chi connectivity index (χ1) is 8.33. The summed E-state index contributed by atoms with van der Waals surface area (Å²) in [4.78, 5) is 0. The van der Waals surface area contributed by atoms with E-state index in [1.165, 1.54) is 16.7 Å². The van der Waals surface area contributed by atoms with E-state index in [1.807, 2.05) is 6.07 Å². The van der Waals surface area contributed by atoms with Crippen LogP contribution in [0.4, 0.5) is 0 Å². The molecule has 1 heteroatoms. The third-order valence-electron chi connectivity index (χ3n) is 2.94. The molecule has 0 aliphatic rings. The van der Waals surface area contributed by atoms with Gasteiger partial charge in [0.15, 0.2) is 0 Å². The minimum absolute atomic E-state index is 0.219. The molecule has 0 aliphatic carbocycles. The second-order valence-corrected chi connectivity index (χ2v) is 4.80. The lowest BCUT2D eigenvalue weighted by atomic mass is 9.96. The van der Waals surface area contributed by atoms with Gasteiger partial charge >= 0.3 is 0 Å². The largest absolute Gasteiger partial charge is 0.0853 e. The van der Waals surface area contributed by atoms with Crippen LogP contribution in [-0.2, 0) is 0 Å². The normalized spacial score (nSPS) is 12.4. The van der Waals surface area contributed by atoms with Gasteiger partial charge in [0.2, 0.25) is 0 Å². The van der Waals surface area contributed by atoms with Crippen molar-refractivity contribution in [3.63, 3.8) is 0 Å². The first kappa shape index (κ1) is 12.3. The molecule has 1 radical (unpaired) electrons. The summed E-state index contributed by atoms with van der Waals surface area (Å²) in [5.74, 6) is 0. The summed E-state index contributed by atoms with van der Waals surface area (Å²) in [7, 11) is 0. The van der Waals surface area contributed by atoms with E-state index in [9.17, 15) is 0 Å². The Kier molecular flexibility index (Phi) is 4.27. The Morgan fingerprint density at radius 2 is 1.59 bits per heavy atom. The molecule has 1 unspecified atom stereocenters. The number of benzene rings is 2. The van der Waals surface area contributed by atoms with Crippen LogP contribution in [0, 0.1) is 0 Å². The van der Waals surface area contributed by atoms with Crippen molar-refractivity contribution < 1.29 is 0 Å². The molecule has 2 aromatic carbocycles. The average molecular weight is 241 g/mol. The molecule has 0 aliphatic heterocycles. The van der Waals surface area contributed by atoms with Crippen molar-refractivity contribution in [2.24, 2.45) is 0 Å². The standard InChI is InChI=1S/C16H17S/c1-2-8-16(17)15-12-7-6-11-14(15)13-9-4-3-5-10-13/h3-7,9-12,16H,2,8H2,1H3. The molecule has 0 amide bonds. The molecular formula is C16H17S. The smallest absolute Gasteiger partial charge is 0.0407 e. The Bertz CT molecular complexity index is 462. The highest BCUT2D eigenvalue weighted by Gasteiger charge is 2.11. The SMILES string of the molecule is CCCC([S])c1ccccc1-c1ccccc1. The van der Waals surface area contributed by atoms with Crippen molar-refractivity contribution in [1.29, 1.82) is 0 Å². The maximum atomic E-state index is 5.59. The molecular weight excluding hydrogens is 224 g/mol. The van der Waals surface area contributed by atoms with E-state index in [2.05, 4.69) is 55.5 Å². The maximum Gasteiger partial charge on any atom is 0.0407 e. The minimum Gasteiger partial charge on any atom is -0.0853 e. The quantitative estimate of drug-likeness (QED) is 0.673. The molecule has 0 nitrogen and oxygen atoms in total. The fourth-order valence-corrected chi connectivity index (χ4v) is 2.52. The van der Waals surface area contributed by atoms with Crippen molar-refractivity contribution in [2.45, 2.75) is 25.0 Å². The van der Waals surface area contributed by atoms with Crippen molar-refractivity contribution in [3.8, 4) is 11.1 Å². The summed E-state index contributed by atoms with van der Waals surface area (Å²) in [6.07, 6.45) is 2.20. The molecule has 87 valence electrons. The van der Waals surface area contributed by atoms with Crippen LogP contribution in [0.2, 0.25) is 0 Å². The lowest BCUT2D eigenvalue weighted by Crippen LogP contribution is -1.93. The van der Waals surface area contributed by atoms with Gasteiger partial charge in [-0.1, -0.05) is 80.6 Å². The Balaban J connectivity index is 2.41. The fourth-order valence-electron chi connectivity index (χ4n) is 2.08. The van der Waals surface area contributed by atoms with E-state index >= 15 is 0 Å². The predicted molar refractivity (Wildman–Crippen MR) is 77.1 cm³/mol. The van der Waals surface area contributed by atoms with Gasteiger partial charge in [0.25, 0.3) is 0 Å². The lowest BCUT2D eigenvalue weighted by molar-refractivity contribution is 0.784. The molecule has 0 aromatic heterocycles.